The van der Waals surface area contributed by atoms with Crippen molar-refractivity contribution in [1.29, 1.82) is 0 Å². The lowest BCUT2D eigenvalue weighted by atomic mass is 9.82. The summed E-state index contributed by atoms with van der Waals surface area (Å²) in [5.41, 5.74) is 12.7. The van der Waals surface area contributed by atoms with E-state index in [1.54, 1.807) is 97.2 Å². The lowest BCUT2D eigenvalue weighted by Gasteiger charge is -2.45. The summed E-state index contributed by atoms with van der Waals surface area (Å²) in [5, 5.41) is 97.8. The van der Waals surface area contributed by atoms with E-state index < -0.39 is 147 Å². The van der Waals surface area contributed by atoms with Crippen molar-refractivity contribution in [3.05, 3.63) is 115 Å². The molecule has 438 valence electrons. The Morgan fingerprint density at radius 1 is 0.759 bits per heavy atom. The number of esters is 1. The second-order valence-electron chi connectivity index (χ2n) is 21.4. The van der Waals surface area contributed by atoms with E-state index in [0.29, 0.717) is 17.7 Å². The predicted molar refractivity (Wildman–Crippen MR) is 292 cm³/mol. The second kappa shape index (κ2) is 32.8. The number of nitrogen functional groups attached to an aromatic ring is 1. The van der Waals surface area contributed by atoms with Crippen LogP contribution in [0.15, 0.2) is 109 Å². The molecule has 0 amide bonds. The standard InChI is InChI=1S/C59H84N2O18/c1-35-18-15-13-11-9-7-5-6-8-10-12-14-16-21-46(77-58-55(72)53(61)54(71)38(4)76-58)31-50-52(57(73)74)49(69)34-59(75,79-50)33-45(66)29-44(65)28-43(64)27-41(62)19-17-20-42(63)30-51(70)78-56(35)37(3)26-36(2)47(67)32-48(68)39-22-24-40(60)25-23-39/h5-16,18,21-25,35-38,43-47,49-50,52-56,58,64-67,69,71-72,75H,17,19-20,26-34,60-61H2,1-4H3,(H,73,74)/t35?,36?,37?,38-,43?,44?,45?,46?,47?,49?,50?,52?,53-,54-,55+,56?,58+,59?/m1/s1. The highest BCUT2D eigenvalue weighted by atomic mass is 16.7. The fraction of sp³-hybridized carbons (Fsp3) is 0.576. The highest BCUT2D eigenvalue weighted by Crippen LogP contribution is 2.38. The first-order valence-electron chi connectivity index (χ1n) is 27.1. The van der Waals surface area contributed by atoms with Gasteiger partial charge >= 0.3 is 11.9 Å². The van der Waals surface area contributed by atoms with Crippen molar-refractivity contribution in [3.63, 3.8) is 0 Å². The number of carbonyl (C=O) groups excluding carboxylic acids is 4. The van der Waals surface area contributed by atoms with E-state index in [4.69, 9.17) is 30.4 Å². The molecule has 0 saturated carbocycles. The second-order valence-corrected chi connectivity index (χ2v) is 21.4. The van der Waals surface area contributed by atoms with Crippen molar-refractivity contribution < 1.29 is 88.9 Å². The van der Waals surface area contributed by atoms with Crippen LogP contribution >= 0.6 is 0 Å². The Balaban J connectivity index is 1.54. The lowest BCUT2D eigenvalue weighted by molar-refractivity contribution is -0.308. The van der Waals surface area contributed by atoms with Gasteiger partial charge in [0.2, 0.25) is 0 Å². The molecule has 3 heterocycles. The largest absolute Gasteiger partial charge is 0.481 e. The van der Waals surface area contributed by atoms with E-state index in [2.05, 4.69) is 0 Å². The van der Waals surface area contributed by atoms with Gasteiger partial charge in [-0.15, -0.1) is 0 Å². The monoisotopic (exact) mass is 1110 g/mol. The molecule has 3 aliphatic heterocycles. The first kappa shape index (κ1) is 66.2. The average Bonchev–Trinajstić information content (AvgIpc) is 3.40. The Labute approximate surface area is 462 Å². The smallest absolute Gasteiger partial charge is 0.313 e. The number of ketones is 3. The summed E-state index contributed by atoms with van der Waals surface area (Å²) in [6.07, 6.45) is 5.73. The van der Waals surface area contributed by atoms with Crippen LogP contribution in [0.5, 0.6) is 0 Å². The molecule has 13 unspecified atom stereocenters. The fourth-order valence-corrected chi connectivity index (χ4v) is 10.0. The van der Waals surface area contributed by atoms with Crippen molar-refractivity contribution in [1.82, 2.24) is 0 Å². The number of carbonyl (C=O) groups is 5. The molecule has 2 bridgehead atoms. The Morgan fingerprint density at radius 3 is 1.94 bits per heavy atom. The normalized spacial score (nSPS) is 34.1. The number of anilines is 1. The van der Waals surface area contributed by atoms with Crippen LogP contribution in [-0.2, 0) is 38.1 Å². The minimum Gasteiger partial charge on any atom is -0.481 e. The number of cyclic esters (lactones) is 1. The van der Waals surface area contributed by atoms with Crippen LogP contribution in [0.4, 0.5) is 5.69 Å². The maximum Gasteiger partial charge on any atom is 0.313 e. The zero-order valence-electron chi connectivity index (χ0n) is 45.5. The van der Waals surface area contributed by atoms with Crippen LogP contribution in [-0.4, -0.2) is 161 Å². The first-order valence-corrected chi connectivity index (χ1v) is 27.1. The van der Waals surface area contributed by atoms with Gasteiger partial charge in [-0.05, 0) is 68.7 Å². The van der Waals surface area contributed by atoms with Crippen molar-refractivity contribution in [3.8, 4) is 0 Å². The maximum absolute atomic E-state index is 13.3. The molecule has 4 rings (SSSR count). The number of carboxylic acids is 1. The van der Waals surface area contributed by atoms with Crippen molar-refractivity contribution in [2.75, 3.05) is 5.73 Å². The molecule has 0 spiro atoms. The van der Waals surface area contributed by atoms with Crippen LogP contribution in [0.3, 0.4) is 0 Å². The average molecular weight is 1110 g/mol. The minimum absolute atomic E-state index is 0.0673. The quantitative estimate of drug-likeness (QED) is 0.0687. The third kappa shape index (κ3) is 22.6. The molecule has 18 atom stereocenters. The topological polar surface area (TPSA) is 356 Å². The van der Waals surface area contributed by atoms with Crippen LogP contribution in [0.1, 0.15) is 115 Å². The zero-order valence-corrected chi connectivity index (χ0v) is 45.5. The number of aliphatic hydroxyl groups excluding tert-OH is 7. The fourth-order valence-electron chi connectivity index (χ4n) is 10.0. The molecule has 1 aromatic rings. The molecule has 13 N–H and O–H groups in total. The number of nitrogens with two attached hydrogens (primary N) is 2. The third-order valence-electron chi connectivity index (χ3n) is 14.4. The van der Waals surface area contributed by atoms with Gasteiger partial charge in [0.15, 0.2) is 17.9 Å². The summed E-state index contributed by atoms with van der Waals surface area (Å²) in [6.45, 7) is 7.07. The van der Waals surface area contributed by atoms with Gasteiger partial charge < -0.3 is 76.4 Å². The van der Waals surface area contributed by atoms with Gasteiger partial charge in [-0.1, -0.05) is 106 Å². The summed E-state index contributed by atoms with van der Waals surface area (Å²) < 4.78 is 23.7. The molecule has 20 heteroatoms. The number of ether oxygens (including phenoxy) is 4. The summed E-state index contributed by atoms with van der Waals surface area (Å²) >= 11 is 0. The number of aliphatic carboxylic acids is 1. The highest BCUT2D eigenvalue weighted by molar-refractivity contribution is 5.97. The Hall–Kier alpha value is -5.33. The van der Waals surface area contributed by atoms with Crippen LogP contribution in [0, 0.1) is 23.7 Å². The van der Waals surface area contributed by atoms with Crippen molar-refractivity contribution in [2.24, 2.45) is 29.4 Å². The summed E-state index contributed by atoms with van der Waals surface area (Å²) in [5.74, 6) is -8.34. The number of carboxylic acid groups (broad SMARTS) is 1. The van der Waals surface area contributed by atoms with E-state index in [0.717, 1.165) is 0 Å². The number of benzene rings is 1. The number of Topliss-reactive ketones (excluding diaryl/α,β-unsaturated/α-hetero) is 3. The minimum atomic E-state index is -2.32. The number of fused-ring (bicyclic) bond motifs is 2. The molecule has 0 aliphatic carbocycles. The Morgan fingerprint density at radius 2 is 1.33 bits per heavy atom. The van der Waals surface area contributed by atoms with E-state index in [1.807, 2.05) is 26.8 Å². The number of aliphatic hydroxyl groups is 8. The zero-order chi connectivity index (χ0) is 58.4. The molecule has 20 nitrogen and oxygen atoms in total. The Kier molecular flexibility index (Phi) is 27.5. The molecule has 2 saturated heterocycles. The van der Waals surface area contributed by atoms with Crippen molar-refractivity contribution in [2.45, 2.75) is 190 Å². The third-order valence-corrected chi connectivity index (χ3v) is 14.4. The van der Waals surface area contributed by atoms with E-state index in [-0.39, 0.29) is 62.1 Å². The molecule has 2 fully saturated rings. The van der Waals surface area contributed by atoms with Gasteiger partial charge in [-0.3, -0.25) is 24.0 Å². The Bertz CT molecular complexity index is 2330. The predicted octanol–water partition coefficient (Wildman–Crippen LogP) is 3.77. The van der Waals surface area contributed by atoms with Crippen LogP contribution in [0.2, 0.25) is 0 Å². The summed E-state index contributed by atoms with van der Waals surface area (Å²) in [7, 11) is 0. The number of rotatable bonds is 10. The lowest BCUT2D eigenvalue weighted by Crippen LogP contribution is -2.61. The molecule has 3 aliphatic rings. The number of hydrogen-bond acceptors (Lipinski definition) is 19. The first-order chi connectivity index (χ1) is 37.4. The van der Waals surface area contributed by atoms with Gasteiger partial charge in [0.25, 0.3) is 0 Å². The molecule has 0 radical (unpaired) electrons. The highest BCUT2D eigenvalue weighted by Gasteiger charge is 2.51. The van der Waals surface area contributed by atoms with Crippen LogP contribution in [0.25, 0.3) is 0 Å². The summed E-state index contributed by atoms with van der Waals surface area (Å²) in [4.78, 5) is 64.6. The van der Waals surface area contributed by atoms with Gasteiger partial charge in [0, 0.05) is 62.1 Å². The van der Waals surface area contributed by atoms with Gasteiger partial charge in [0.1, 0.15) is 36.1 Å². The molecular formula is C59H84N2O18. The molecule has 0 aromatic heterocycles. The van der Waals surface area contributed by atoms with E-state index in [1.165, 1.54) is 13.0 Å². The van der Waals surface area contributed by atoms with Gasteiger partial charge in [-0.25, -0.2) is 0 Å². The van der Waals surface area contributed by atoms with Crippen LogP contribution < -0.4 is 11.5 Å². The van der Waals surface area contributed by atoms with Gasteiger partial charge in [0.05, 0.1) is 61.0 Å². The molecule has 79 heavy (non-hydrogen) atoms. The molecular weight excluding hydrogens is 1020 g/mol. The molecule has 1 aromatic carbocycles. The number of hydrogen-bond donors (Lipinski definition) is 11. The number of allylic oxidation sites excluding steroid dienone is 12. The van der Waals surface area contributed by atoms with E-state index >= 15 is 0 Å². The maximum atomic E-state index is 13.3. The summed E-state index contributed by atoms with van der Waals surface area (Å²) in [6, 6.07) is 5.27. The van der Waals surface area contributed by atoms with Crippen molar-refractivity contribution >= 4 is 35.0 Å². The van der Waals surface area contributed by atoms with Gasteiger partial charge in [-0.2, -0.15) is 0 Å². The SMILES string of the molecule is CC1C=CC=CC=CC=CC=CC=CC=CC(O[C@@H]2O[C@H](C)[C@@H](O)[C@@H](N)[C@@H]2O)CC2OC(O)(CC(O)CC(O)CC(O)CC(=O)CCCC(=O)CC(=O)OC1C(C)CC(C)C(O)CC(=O)c1ccc(N)cc1)CC(O)C2C(=O)O. The van der Waals surface area contributed by atoms with E-state index in [9.17, 15) is 69.9 Å².